The second kappa shape index (κ2) is 38.4. The molecule has 0 heterocycles. The molecule has 6 heteroatoms. The second-order valence-electron chi connectivity index (χ2n) is 13.5. The Morgan fingerprint density at radius 2 is 0.796 bits per heavy atom. The van der Waals surface area contributed by atoms with Crippen LogP contribution in [0.5, 0.6) is 0 Å². The van der Waals surface area contributed by atoms with E-state index in [9.17, 15) is 14.4 Å². The highest BCUT2D eigenvalue weighted by Crippen LogP contribution is 2.13. The summed E-state index contributed by atoms with van der Waals surface area (Å²) in [4.78, 5) is 37.4. The molecule has 0 aliphatic rings. The van der Waals surface area contributed by atoms with E-state index in [4.69, 9.17) is 14.2 Å². The average Bonchev–Trinajstić information content (AvgIpc) is 3.10. The van der Waals surface area contributed by atoms with Gasteiger partial charge in [0.05, 0.1) is 0 Å². The maximum absolute atomic E-state index is 12.6. The lowest BCUT2D eigenvalue weighted by Crippen LogP contribution is -2.30. The zero-order valence-electron chi connectivity index (χ0n) is 32.2. The first-order valence-electron chi connectivity index (χ1n) is 20.5. The van der Waals surface area contributed by atoms with Crippen molar-refractivity contribution in [1.29, 1.82) is 0 Å². The van der Waals surface area contributed by atoms with Gasteiger partial charge in [-0.1, -0.05) is 166 Å². The molecule has 0 N–H and O–H groups in total. The summed E-state index contributed by atoms with van der Waals surface area (Å²) in [6, 6.07) is 0. The SMILES string of the molecule is CC/C=C\C/C=C\C/C=C\CCCCCCCC(=O)OCC(COC(=O)CCCCCCCCC)OC(=O)CCCCCCCCCCC. The summed E-state index contributed by atoms with van der Waals surface area (Å²) in [5.41, 5.74) is 0. The summed E-state index contributed by atoms with van der Waals surface area (Å²) >= 11 is 0. The summed E-state index contributed by atoms with van der Waals surface area (Å²) in [6.45, 7) is 6.43. The maximum Gasteiger partial charge on any atom is 0.306 e. The van der Waals surface area contributed by atoms with E-state index < -0.39 is 6.10 Å². The molecule has 284 valence electrons. The number of rotatable bonds is 36. The summed E-state index contributed by atoms with van der Waals surface area (Å²) in [7, 11) is 0. The number of esters is 3. The molecule has 0 aromatic heterocycles. The molecule has 0 rings (SSSR count). The largest absolute Gasteiger partial charge is 0.462 e. The molecule has 1 atom stereocenters. The van der Waals surface area contributed by atoms with Crippen LogP contribution in [0.1, 0.15) is 201 Å². The number of unbranched alkanes of at least 4 members (excludes halogenated alkanes) is 19. The summed E-state index contributed by atoms with van der Waals surface area (Å²) in [6.07, 6.45) is 41.4. The highest BCUT2D eigenvalue weighted by molar-refractivity contribution is 5.71. The molecule has 0 saturated carbocycles. The molecule has 49 heavy (non-hydrogen) atoms. The van der Waals surface area contributed by atoms with Crippen molar-refractivity contribution in [3.63, 3.8) is 0 Å². The highest BCUT2D eigenvalue weighted by atomic mass is 16.6. The van der Waals surface area contributed by atoms with E-state index >= 15 is 0 Å². The molecule has 1 unspecified atom stereocenters. The van der Waals surface area contributed by atoms with Crippen molar-refractivity contribution in [3.8, 4) is 0 Å². The number of allylic oxidation sites excluding steroid dienone is 6. The molecule has 0 saturated heterocycles. The lowest BCUT2D eigenvalue weighted by Gasteiger charge is -2.18. The van der Waals surface area contributed by atoms with Gasteiger partial charge in [-0.3, -0.25) is 14.4 Å². The fraction of sp³-hybridized carbons (Fsp3) is 0.791. The molecule has 0 aliphatic carbocycles. The third-order valence-electron chi connectivity index (χ3n) is 8.66. The van der Waals surface area contributed by atoms with Crippen molar-refractivity contribution in [2.75, 3.05) is 13.2 Å². The Kier molecular flexibility index (Phi) is 36.6. The molecule has 0 fully saturated rings. The van der Waals surface area contributed by atoms with Crippen molar-refractivity contribution in [3.05, 3.63) is 36.5 Å². The maximum atomic E-state index is 12.6. The zero-order valence-corrected chi connectivity index (χ0v) is 32.2. The monoisotopic (exact) mass is 689 g/mol. The van der Waals surface area contributed by atoms with Gasteiger partial charge in [0.1, 0.15) is 13.2 Å². The normalized spacial score (nSPS) is 12.3. The van der Waals surface area contributed by atoms with Gasteiger partial charge >= 0.3 is 17.9 Å². The van der Waals surface area contributed by atoms with Crippen molar-refractivity contribution in [1.82, 2.24) is 0 Å². The number of hydrogen-bond acceptors (Lipinski definition) is 6. The minimum atomic E-state index is -0.769. The Balaban J connectivity index is 4.32. The van der Waals surface area contributed by atoms with E-state index in [1.54, 1.807) is 0 Å². The standard InChI is InChI=1S/C43H76O6/c1-4-7-10-13-16-18-19-20-21-22-23-25-27-30-33-36-42(45)48-39-40(38-47-41(44)35-32-29-26-15-12-9-6-3)49-43(46)37-34-31-28-24-17-14-11-8-5-2/h7,10,16,18,20-21,40H,4-6,8-9,11-15,17,19,22-39H2,1-3H3/b10-7-,18-16-,21-20-. The van der Waals surface area contributed by atoms with Gasteiger partial charge in [-0.15, -0.1) is 0 Å². The quantitative estimate of drug-likeness (QED) is 0.0282. The van der Waals surface area contributed by atoms with Crippen LogP contribution in [0.2, 0.25) is 0 Å². The van der Waals surface area contributed by atoms with Crippen LogP contribution in [0, 0.1) is 0 Å². The van der Waals surface area contributed by atoms with Gasteiger partial charge in [0.15, 0.2) is 6.10 Å². The average molecular weight is 689 g/mol. The van der Waals surface area contributed by atoms with E-state index in [1.807, 2.05) is 0 Å². The van der Waals surface area contributed by atoms with E-state index in [0.29, 0.717) is 19.3 Å². The van der Waals surface area contributed by atoms with Crippen LogP contribution in [0.15, 0.2) is 36.5 Å². The van der Waals surface area contributed by atoms with Crippen molar-refractivity contribution >= 4 is 17.9 Å². The molecule has 0 radical (unpaired) electrons. The van der Waals surface area contributed by atoms with E-state index in [1.165, 1.54) is 64.2 Å². The van der Waals surface area contributed by atoms with Crippen LogP contribution in [0.25, 0.3) is 0 Å². The van der Waals surface area contributed by atoms with Crippen molar-refractivity contribution < 1.29 is 28.6 Å². The molecule has 0 spiro atoms. The lowest BCUT2D eigenvalue weighted by atomic mass is 10.1. The predicted octanol–water partition coefficient (Wildman–Crippen LogP) is 12.6. The van der Waals surface area contributed by atoms with E-state index in [-0.39, 0.29) is 31.1 Å². The zero-order chi connectivity index (χ0) is 35.9. The van der Waals surface area contributed by atoms with Crippen molar-refractivity contribution in [2.45, 2.75) is 207 Å². The Morgan fingerprint density at radius 1 is 0.429 bits per heavy atom. The Bertz CT molecular complexity index is 845. The highest BCUT2D eigenvalue weighted by Gasteiger charge is 2.19. The first kappa shape index (κ1) is 46.6. The fourth-order valence-corrected chi connectivity index (χ4v) is 5.57. The predicted molar refractivity (Wildman–Crippen MR) is 206 cm³/mol. The summed E-state index contributed by atoms with van der Waals surface area (Å²) in [5.74, 6) is -0.906. The Morgan fingerprint density at radius 3 is 1.24 bits per heavy atom. The first-order chi connectivity index (χ1) is 24.0. The van der Waals surface area contributed by atoms with Crippen LogP contribution in [0.4, 0.5) is 0 Å². The molecule has 0 amide bonds. The van der Waals surface area contributed by atoms with Gasteiger partial charge in [0, 0.05) is 19.3 Å². The van der Waals surface area contributed by atoms with Gasteiger partial charge in [0.25, 0.3) is 0 Å². The fourth-order valence-electron chi connectivity index (χ4n) is 5.57. The Labute approximate surface area is 302 Å². The lowest BCUT2D eigenvalue weighted by molar-refractivity contribution is -0.167. The van der Waals surface area contributed by atoms with Crippen molar-refractivity contribution in [2.24, 2.45) is 0 Å². The number of carbonyl (C=O) groups is 3. The van der Waals surface area contributed by atoms with Gasteiger partial charge in [-0.25, -0.2) is 0 Å². The van der Waals surface area contributed by atoms with E-state index in [0.717, 1.165) is 96.3 Å². The van der Waals surface area contributed by atoms with Gasteiger partial charge in [0.2, 0.25) is 0 Å². The topological polar surface area (TPSA) is 78.9 Å². The first-order valence-corrected chi connectivity index (χ1v) is 20.5. The molecule has 6 nitrogen and oxygen atoms in total. The van der Waals surface area contributed by atoms with Gasteiger partial charge in [-0.05, 0) is 51.4 Å². The molecule has 0 bridgehead atoms. The third-order valence-corrected chi connectivity index (χ3v) is 8.66. The number of hydrogen-bond donors (Lipinski definition) is 0. The minimum absolute atomic E-state index is 0.0762. The number of ether oxygens (including phenoxy) is 3. The van der Waals surface area contributed by atoms with Crippen LogP contribution in [-0.4, -0.2) is 37.2 Å². The summed E-state index contributed by atoms with van der Waals surface area (Å²) < 4.78 is 16.6. The molecule has 0 aromatic carbocycles. The minimum Gasteiger partial charge on any atom is -0.462 e. The van der Waals surface area contributed by atoms with Crippen LogP contribution >= 0.6 is 0 Å². The Hall–Kier alpha value is -2.37. The molecule has 0 aromatic rings. The van der Waals surface area contributed by atoms with Crippen LogP contribution in [0.3, 0.4) is 0 Å². The molecule has 0 aliphatic heterocycles. The van der Waals surface area contributed by atoms with Gasteiger partial charge < -0.3 is 14.2 Å². The van der Waals surface area contributed by atoms with Crippen LogP contribution < -0.4 is 0 Å². The smallest absolute Gasteiger partial charge is 0.306 e. The third kappa shape index (κ3) is 36.7. The molecular weight excluding hydrogens is 612 g/mol. The number of carbonyl (C=O) groups excluding carboxylic acids is 3. The second-order valence-corrected chi connectivity index (χ2v) is 13.5. The van der Waals surface area contributed by atoms with E-state index in [2.05, 4.69) is 57.2 Å². The molecular formula is C43H76O6. The van der Waals surface area contributed by atoms with Crippen LogP contribution in [-0.2, 0) is 28.6 Å². The van der Waals surface area contributed by atoms with Gasteiger partial charge in [-0.2, -0.15) is 0 Å². The summed E-state index contributed by atoms with van der Waals surface area (Å²) in [5, 5.41) is 0.